The van der Waals surface area contributed by atoms with Crippen LogP contribution in [-0.4, -0.2) is 17.8 Å². The lowest BCUT2D eigenvalue weighted by atomic mass is 9.73. The highest BCUT2D eigenvalue weighted by Crippen LogP contribution is 2.35. The first kappa shape index (κ1) is 13.4. The van der Waals surface area contributed by atoms with Crippen LogP contribution in [0.15, 0.2) is 12.2 Å². The van der Waals surface area contributed by atoms with Crippen LogP contribution in [0.3, 0.4) is 0 Å². The van der Waals surface area contributed by atoms with Crippen molar-refractivity contribution in [2.75, 3.05) is 0 Å². The molecule has 0 aromatic rings. The number of carbonyl (C=O) groups excluding carboxylic acids is 3. The average molecular weight is 238 g/mol. The predicted molar refractivity (Wildman–Crippen MR) is 63.0 cm³/mol. The Morgan fingerprint density at radius 2 is 1.71 bits per heavy atom. The Morgan fingerprint density at radius 3 is 2.06 bits per heavy atom. The summed E-state index contributed by atoms with van der Waals surface area (Å²) in [6, 6.07) is -0.763. The fourth-order valence-electron chi connectivity index (χ4n) is 1.89. The van der Waals surface area contributed by atoms with E-state index >= 15 is 0 Å². The molecule has 17 heavy (non-hydrogen) atoms. The molecule has 0 radical (unpaired) electrons. The molecule has 1 aliphatic heterocycles. The molecule has 0 atom stereocenters. The van der Waals surface area contributed by atoms with E-state index in [1.807, 2.05) is 13.8 Å². The lowest BCUT2D eigenvalue weighted by molar-refractivity contribution is -0.142. The molecule has 4 amide bonds. The van der Waals surface area contributed by atoms with Crippen LogP contribution in [0.4, 0.5) is 4.79 Å². The van der Waals surface area contributed by atoms with Crippen molar-refractivity contribution in [1.82, 2.24) is 10.6 Å². The molecular formula is C12H18N2O3. The van der Waals surface area contributed by atoms with E-state index in [4.69, 9.17) is 0 Å². The Kier molecular flexibility index (Phi) is 3.70. The van der Waals surface area contributed by atoms with E-state index in [0.29, 0.717) is 24.3 Å². The van der Waals surface area contributed by atoms with E-state index in [-0.39, 0.29) is 0 Å². The van der Waals surface area contributed by atoms with Crippen LogP contribution in [0.25, 0.3) is 0 Å². The Hall–Kier alpha value is -1.65. The van der Waals surface area contributed by atoms with E-state index < -0.39 is 23.3 Å². The van der Waals surface area contributed by atoms with Crippen LogP contribution >= 0.6 is 0 Å². The smallest absolute Gasteiger partial charge is 0.277 e. The number of amides is 4. The van der Waals surface area contributed by atoms with Gasteiger partial charge in [-0.1, -0.05) is 26.0 Å². The zero-order valence-corrected chi connectivity index (χ0v) is 10.4. The SMILES string of the molecule is C=C(C)C1(CCC(C)C)C(=O)NC(=O)NC1=O. The van der Waals surface area contributed by atoms with E-state index in [2.05, 4.69) is 17.2 Å². The van der Waals surface area contributed by atoms with Crippen LogP contribution in [0, 0.1) is 11.3 Å². The molecule has 0 unspecified atom stereocenters. The maximum absolute atomic E-state index is 11.9. The van der Waals surface area contributed by atoms with Crippen LogP contribution < -0.4 is 10.6 Å². The molecule has 1 saturated heterocycles. The summed E-state index contributed by atoms with van der Waals surface area (Å²) in [5, 5.41) is 4.27. The zero-order valence-electron chi connectivity index (χ0n) is 10.4. The third-order valence-corrected chi connectivity index (χ3v) is 3.05. The molecule has 1 aliphatic rings. The fourth-order valence-corrected chi connectivity index (χ4v) is 1.89. The average Bonchev–Trinajstić information content (AvgIpc) is 2.15. The number of urea groups is 1. The molecule has 1 heterocycles. The number of imide groups is 2. The summed E-state index contributed by atoms with van der Waals surface area (Å²) in [5.41, 5.74) is -0.848. The van der Waals surface area contributed by atoms with Gasteiger partial charge in [0.15, 0.2) is 0 Å². The summed E-state index contributed by atoms with van der Waals surface area (Å²) in [5.74, 6) is -0.775. The van der Waals surface area contributed by atoms with E-state index in [1.165, 1.54) is 0 Å². The molecular weight excluding hydrogens is 220 g/mol. The number of hydrogen-bond acceptors (Lipinski definition) is 3. The summed E-state index contributed by atoms with van der Waals surface area (Å²) in [7, 11) is 0. The van der Waals surface area contributed by atoms with Gasteiger partial charge in [0.25, 0.3) is 0 Å². The summed E-state index contributed by atoms with van der Waals surface area (Å²) >= 11 is 0. The van der Waals surface area contributed by atoms with Crippen molar-refractivity contribution in [3.05, 3.63) is 12.2 Å². The van der Waals surface area contributed by atoms with E-state index in [9.17, 15) is 14.4 Å². The van der Waals surface area contributed by atoms with Gasteiger partial charge >= 0.3 is 6.03 Å². The number of carbonyl (C=O) groups is 3. The lowest BCUT2D eigenvalue weighted by Crippen LogP contribution is -2.62. The van der Waals surface area contributed by atoms with Gasteiger partial charge in [0, 0.05) is 0 Å². The molecule has 0 aromatic carbocycles. The Morgan fingerprint density at radius 1 is 1.24 bits per heavy atom. The lowest BCUT2D eigenvalue weighted by Gasteiger charge is -2.34. The van der Waals surface area contributed by atoms with Crippen molar-refractivity contribution >= 4 is 17.8 Å². The van der Waals surface area contributed by atoms with Crippen LogP contribution in [0.1, 0.15) is 33.6 Å². The monoisotopic (exact) mass is 238 g/mol. The van der Waals surface area contributed by atoms with Gasteiger partial charge in [-0.15, -0.1) is 0 Å². The summed E-state index contributed by atoms with van der Waals surface area (Å²) in [6.07, 6.45) is 1.08. The maximum atomic E-state index is 11.9. The molecule has 0 spiro atoms. The predicted octanol–water partition coefficient (Wildman–Crippen LogP) is 1.35. The van der Waals surface area contributed by atoms with Gasteiger partial charge in [-0.25, -0.2) is 4.79 Å². The van der Waals surface area contributed by atoms with Crippen molar-refractivity contribution in [3.8, 4) is 0 Å². The first-order chi connectivity index (χ1) is 7.80. The summed E-state index contributed by atoms with van der Waals surface area (Å²) in [6.45, 7) is 9.38. The van der Waals surface area contributed by atoms with Gasteiger partial charge in [0.2, 0.25) is 11.8 Å². The minimum Gasteiger partial charge on any atom is -0.277 e. The minimum atomic E-state index is -1.31. The quantitative estimate of drug-likeness (QED) is 0.573. The molecule has 0 saturated carbocycles. The third kappa shape index (κ3) is 2.38. The molecule has 94 valence electrons. The normalized spacial score (nSPS) is 18.9. The minimum absolute atomic E-state index is 0.365. The van der Waals surface area contributed by atoms with E-state index in [1.54, 1.807) is 6.92 Å². The van der Waals surface area contributed by atoms with Gasteiger partial charge < -0.3 is 0 Å². The van der Waals surface area contributed by atoms with Crippen molar-refractivity contribution in [2.24, 2.45) is 11.3 Å². The highest BCUT2D eigenvalue weighted by atomic mass is 16.2. The van der Waals surface area contributed by atoms with Crippen LogP contribution in [0.2, 0.25) is 0 Å². The molecule has 1 rings (SSSR count). The van der Waals surface area contributed by atoms with E-state index in [0.717, 1.165) is 0 Å². The van der Waals surface area contributed by atoms with Gasteiger partial charge in [0.05, 0.1) is 0 Å². The molecule has 5 nitrogen and oxygen atoms in total. The van der Waals surface area contributed by atoms with Crippen molar-refractivity contribution in [2.45, 2.75) is 33.6 Å². The van der Waals surface area contributed by atoms with Crippen molar-refractivity contribution < 1.29 is 14.4 Å². The number of nitrogens with one attached hydrogen (secondary N) is 2. The van der Waals surface area contributed by atoms with Gasteiger partial charge in [-0.2, -0.15) is 0 Å². The molecule has 0 bridgehead atoms. The zero-order chi connectivity index (χ0) is 13.2. The second-order valence-corrected chi connectivity index (χ2v) is 4.86. The number of rotatable bonds is 4. The second kappa shape index (κ2) is 4.69. The Balaban J connectivity index is 3.05. The first-order valence-electron chi connectivity index (χ1n) is 5.63. The van der Waals surface area contributed by atoms with Crippen LogP contribution in [-0.2, 0) is 9.59 Å². The number of hydrogen-bond donors (Lipinski definition) is 2. The van der Waals surface area contributed by atoms with Gasteiger partial charge in [-0.05, 0) is 25.7 Å². The largest absolute Gasteiger partial charge is 0.328 e. The number of barbiturate groups is 1. The highest BCUT2D eigenvalue weighted by molar-refractivity contribution is 6.20. The van der Waals surface area contributed by atoms with Crippen LogP contribution in [0.5, 0.6) is 0 Å². The second-order valence-electron chi connectivity index (χ2n) is 4.86. The van der Waals surface area contributed by atoms with Gasteiger partial charge in [0.1, 0.15) is 5.41 Å². The first-order valence-corrected chi connectivity index (χ1v) is 5.63. The van der Waals surface area contributed by atoms with Crippen molar-refractivity contribution in [3.63, 3.8) is 0 Å². The molecule has 1 fully saturated rings. The van der Waals surface area contributed by atoms with Crippen molar-refractivity contribution in [1.29, 1.82) is 0 Å². The fraction of sp³-hybridized carbons (Fsp3) is 0.583. The Bertz CT molecular complexity index is 365. The molecule has 5 heteroatoms. The molecule has 0 aromatic heterocycles. The topological polar surface area (TPSA) is 75.3 Å². The summed E-state index contributed by atoms with van der Waals surface area (Å²) in [4.78, 5) is 34.9. The Labute approximate surface area is 101 Å². The molecule has 0 aliphatic carbocycles. The highest BCUT2D eigenvalue weighted by Gasteiger charge is 2.50. The summed E-state index contributed by atoms with van der Waals surface area (Å²) < 4.78 is 0. The van der Waals surface area contributed by atoms with Gasteiger partial charge in [-0.3, -0.25) is 20.2 Å². The molecule has 2 N–H and O–H groups in total. The maximum Gasteiger partial charge on any atom is 0.328 e. The standard InChI is InChI=1S/C12H18N2O3/c1-7(2)5-6-12(8(3)4)9(15)13-11(17)14-10(12)16/h7H,3,5-6H2,1-2,4H3,(H2,13,14,15,16,17). The third-order valence-electron chi connectivity index (χ3n) is 3.05.